The number of para-hydroxylation sites is 1. The standard InChI is InChI=1S/C28H23N5OS/c1-15-10-12-16(13-11-15)22-19(14-29)26(31)32-27-23(22)24(30)25(35-27)28(34)33-20-8-4-2-6-17(20)18-7-3-5-9-21(18)33/h2,4,6,8,10-13H,3,5,7,9,30H2,1H3,(H2,31,32). The Morgan fingerprint density at radius 3 is 2.60 bits per heavy atom. The molecule has 7 heteroatoms. The minimum atomic E-state index is -0.156. The molecule has 2 aromatic carbocycles. The lowest BCUT2D eigenvalue weighted by Gasteiger charge is -2.15. The van der Waals surface area contributed by atoms with Crippen LogP contribution < -0.4 is 11.5 Å². The van der Waals surface area contributed by atoms with Crippen molar-refractivity contribution in [1.82, 2.24) is 9.55 Å². The molecule has 5 aromatic rings. The molecule has 0 saturated carbocycles. The number of hydrogen-bond acceptors (Lipinski definition) is 6. The highest BCUT2D eigenvalue weighted by Gasteiger charge is 2.29. The van der Waals surface area contributed by atoms with E-state index in [9.17, 15) is 10.1 Å². The van der Waals surface area contributed by atoms with Crippen molar-refractivity contribution in [3.63, 3.8) is 0 Å². The molecule has 0 unspecified atom stereocenters. The molecular formula is C28H23N5OS. The Labute approximate surface area is 206 Å². The molecule has 4 N–H and O–H groups in total. The molecule has 0 bridgehead atoms. The molecule has 3 heterocycles. The van der Waals surface area contributed by atoms with E-state index < -0.39 is 0 Å². The second kappa shape index (κ2) is 7.97. The van der Waals surface area contributed by atoms with Gasteiger partial charge in [0.05, 0.1) is 11.2 Å². The number of fused-ring (bicyclic) bond motifs is 4. The van der Waals surface area contributed by atoms with Gasteiger partial charge >= 0.3 is 0 Å². The fourth-order valence-corrected chi connectivity index (χ4v) is 6.32. The van der Waals surface area contributed by atoms with Crippen molar-refractivity contribution in [3.05, 3.63) is 75.8 Å². The fourth-order valence-electron chi connectivity index (χ4n) is 5.28. The molecule has 0 radical (unpaired) electrons. The Balaban J connectivity index is 1.62. The average molecular weight is 478 g/mol. The third-order valence-electron chi connectivity index (χ3n) is 6.93. The lowest BCUT2D eigenvalue weighted by molar-refractivity contribution is 0.0966. The maximum absolute atomic E-state index is 14.1. The topological polar surface area (TPSA) is 111 Å². The van der Waals surface area contributed by atoms with Crippen LogP contribution >= 0.6 is 11.3 Å². The first-order chi connectivity index (χ1) is 17.0. The molecule has 0 amide bonds. The van der Waals surface area contributed by atoms with Crippen molar-refractivity contribution < 1.29 is 4.79 Å². The number of hydrogen-bond donors (Lipinski definition) is 2. The largest absolute Gasteiger partial charge is 0.397 e. The highest BCUT2D eigenvalue weighted by atomic mass is 32.1. The summed E-state index contributed by atoms with van der Waals surface area (Å²) < 4.78 is 1.84. The molecule has 0 atom stereocenters. The van der Waals surface area contributed by atoms with E-state index in [0.717, 1.165) is 53.4 Å². The van der Waals surface area contributed by atoms with Gasteiger partial charge in [0.15, 0.2) is 0 Å². The van der Waals surface area contributed by atoms with E-state index in [0.29, 0.717) is 26.3 Å². The van der Waals surface area contributed by atoms with Gasteiger partial charge in [0.2, 0.25) is 0 Å². The zero-order valence-electron chi connectivity index (χ0n) is 19.3. The van der Waals surface area contributed by atoms with E-state index in [1.165, 1.54) is 16.9 Å². The number of benzene rings is 2. The van der Waals surface area contributed by atoms with Crippen LogP contribution in [-0.4, -0.2) is 15.5 Å². The maximum Gasteiger partial charge on any atom is 0.274 e. The molecule has 0 fully saturated rings. The third kappa shape index (κ3) is 3.14. The molecule has 0 aliphatic heterocycles. The van der Waals surface area contributed by atoms with Gasteiger partial charge in [-0.3, -0.25) is 9.36 Å². The number of carbonyl (C=O) groups excluding carboxylic acids is 1. The quantitative estimate of drug-likeness (QED) is 0.332. The van der Waals surface area contributed by atoms with Gasteiger partial charge in [0.25, 0.3) is 5.91 Å². The minimum Gasteiger partial charge on any atom is -0.397 e. The van der Waals surface area contributed by atoms with Gasteiger partial charge in [-0.1, -0.05) is 48.0 Å². The molecule has 6 nitrogen and oxygen atoms in total. The van der Waals surface area contributed by atoms with Gasteiger partial charge in [-0.15, -0.1) is 11.3 Å². The number of nitrogens with two attached hydrogens (primary N) is 2. The number of anilines is 2. The Morgan fingerprint density at radius 2 is 1.83 bits per heavy atom. The summed E-state index contributed by atoms with van der Waals surface area (Å²) in [5.41, 5.74) is 19.3. The van der Waals surface area contributed by atoms with Crippen molar-refractivity contribution >= 4 is 49.9 Å². The molecule has 0 saturated heterocycles. The molecule has 1 aliphatic rings. The summed E-state index contributed by atoms with van der Waals surface area (Å²) >= 11 is 1.24. The van der Waals surface area contributed by atoms with Crippen LogP contribution in [0.5, 0.6) is 0 Å². The molecular weight excluding hydrogens is 454 g/mol. The van der Waals surface area contributed by atoms with Crippen LogP contribution in [-0.2, 0) is 12.8 Å². The van der Waals surface area contributed by atoms with Crippen molar-refractivity contribution in [3.8, 4) is 17.2 Å². The Hall–Kier alpha value is -4.15. The normalized spacial score (nSPS) is 13.1. The van der Waals surface area contributed by atoms with Crippen molar-refractivity contribution in [2.75, 3.05) is 11.5 Å². The number of nitrogen functional groups attached to an aromatic ring is 2. The van der Waals surface area contributed by atoms with Gasteiger partial charge in [0.1, 0.15) is 27.2 Å². The predicted molar refractivity (Wildman–Crippen MR) is 142 cm³/mol. The first-order valence-electron chi connectivity index (χ1n) is 11.6. The van der Waals surface area contributed by atoms with Crippen LogP contribution in [0, 0.1) is 18.3 Å². The van der Waals surface area contributed by atoms with Gasteiger partial charge in [-0.25, -0.2) is 4.98 Å². The van der Waals surface area contributed by atoms with Gasteiger partial charge in [-0.05, 0) is 49.8 Å². The minimum absolute atomic E-state index is 0.139. The zero-order chi connectivity index (χ0) is 24.3. The van der Waals surface area contributed by atoms with Crippen LogP contribution in [0.3, 0.4) is 0 Å². The summed E-state index contributed by atoms with van der Waals surface area (Å²) in [4.78, 5) is 19.5. The number of aromatic nitrogens is 2. The molecule has 1 aliphatic carbocycles. The monoisotopic (exact) mass is 477 g/mol. The Kier molecular flexibility index (Phi) is 4.87. The molecule has 0 spiro atoms. The summed E-state index contributed by atoms with van der Waals surface area (Å²) in [6.07, 6.45) is 4.01. The lowest BCUT2D eigenvalue weighted by atomic mass is 9.95. The van der Waals surface area contributed by atoms with Crippen LogP contribution in [0.1, 0.15) is 44.9 Å². The van der Waals surface area contributed by atoms with Crippen molar-refractivity contribution in [1.29, 1.82) is 5.26 Å². The summed E-state index contributed by atoms with van der Waals surface area (Å²) in [5.74, 6) is -0.0172. The van der Waals surface area contributed by atoms with E-state index in [2.05, 4.69) is 17.1 Å². The molecule has 172 valence electrons. The second-order valence-electron chi connectivity index (χ2n) is 9.04. The third-order valence-corrected chi connectivity index (χ3v) is 8.02. The number of carbonyl (C=O) groups is 1. The van der Waals surface area contributed by atoms with Gasteiger partial charge in [0, 0.05) is 22.0 Å². The number of aryl methyl sites for hydroxylation is 2. The van der Waals surface area contributed by atoms with E-state index in [1.54, 1.807) is 0 Å². The number of nitrogens with zero attached hydrogens (tertiary/aromatic N) is 3. The SMILES string of the molecule is Cc1ccc(-c2c(C#N)c(N)nc3sc(C(=O)n4c5c(c6ccccc64)CCCC5)c(N)c23)cc1. The second-order valence-corrected chi connectivity index (χ2v) is 10.0. The Morgan fingerprint density at radius 1 is 1.09 bits per heavy atom. The van der Waals surface area contributed by atoms with Crippen LogP contribution in [0.15, 0.2) is 48.5 Å². The fraction of sp³-hybridized carbons (Fsp3) is 0.179. The predicted octanol–water partition coefficient (Wildman–Crippen LogP) is 5.83. The number of pyridine rings is 1. The number of rotatable bonds is 2. The summed E-state index contributed by atoms with van der Waals surface area (Å²) in [5, 5.41) is 11.6. The van der Waals surface area contributed by atoms with E-state index in [1.807, 2.05) is 54.0 Å². The Bertz CT molecular complexity index is 1700. The van der Waals surface area contributed by atoms with Gasteiger partial charge in [-0.2, -0.15) is 5.26 Å². The highest BCUT2D eigenvalue weighted by molar-refractivity contribution is 7.21. The van der Waals surface area contributed by atoms with E-state index in [4.69, 9.17) is 11.5 Å². The average Bonchev–Trinajstić information content (AvgIpc) is 3.38. The lowest BCUT2D eigenvalue weighted by Crippen LogP contribution is -2.17. The molecule has 6 rings (SSSR count). The van der Waals surface area contributed by atoms with E-state index >= 15 is 0 Å². The highest BCUT2D eigenvalue weighted by Crippen LogP contribution is 2.43. The van der Waals surface area contributed by atoms with Crippen molar-refractivity contribution in [2.45, 2.75) is 32.6 Å². The number of thiophene rings is 1. The number of nitriles is 1. The smallest absolute Gasteiger partial charge is 0.274 e. The first kappa shape index (κ1) is 21.4. The summed E-state index contributed by atoms with van der Waals surface area (Å²) in [6, 6.07) is 18.1. The van der Waals surface area contributed by atoms with E-state index in [-0.39, 0.29) is 17.3 Å². The molecule has 35 heavy (non-hydrogen) atoms. The summed E-state index contributed by atoms with van der Waals surface area (Å²) in [7, 11) is 0. The zero-order valence-corrected chi connectivity index (χ0v) is 20.1. The molecule has 3 aromatic heterocycles. The van der Waals surface area contributed by atoms with Crippen LogP contribution in [0.25, 0.3) is 32.2 Å². The summed E-state index contributed by atoms with van der Waals surface area (Å²) in [6.45, 7) is 2.00. The van der Waals surface area contributed by atoms with Crippen molar-refractivity contribution in [2.24, 2.45) is 0 Å². The van der Waals surface area contributed by atoms with Crippen LogP contribution in [0.4, 0.5) is 11.5 Å². The first-order valence-corrected chi connectivity index (χ1v) is 12.5. The van der Waals surface area contributed by atoms with Crippen LogP contribution in [0.2, 0.25) is 0 Å². The van der Waals surface area contributed by atoms with Gasteiger partial charge < -0.3 is 11.5 Å². The maximum atomic E-state index is 14.1.